The molecule has 27 heavy (non-hydrogen) atoms. The van der Waals surface area contributed by atoms with E-state index in [-0.39, 0.29) is 0 Å². The Morgan fingerprint density at radius 2 is 1.37 bits per heavy atom. The molecule has 0 unspecified atom stereocenters. The van der Waals surface area contributed by atoms with Crippen LogP contribution in [0.3, 0.4) is 0 Å². The number of nitrogens with one attached hydrogen (secondary N) is 1. The molecule has 1 aliphatic rings. The number of rotatable bonds is 5. The third kappa shape index (κ3) is 3.59. The van der Waals surface area contributed by atoms with Gasteiger partial charge in [-0.15, -0.1) is 0 Å². The highest BCUT2D eigenvalue weighted by molar-refractivity contribution is 6.06. The van der Waals surface area contributed by atoms with Crippen LogP contribution in [-0.2, 0) is 0 Å². The first-order valence-electron chi connectivity index (χ1n) is 9.54. The van der Waals surface area contributed by atoms with Gasteiger partial charge in [0.2, 0.25) is 0 Å². The Morgan fingerprint density at radius 1 is 0.815 bits per heavy atom. The summed E-state index contributed by atoms with van der Waals surface area (Å²) >= 11 is 0. The molecule has 4 rings (SSSR count). The van der Waals surface area contributed by atoms with E-state index in [0.717, 1.165) is 35.0 Å². The summed E-state index contributed by atoms with van der Waals surface area (Å²) in [6, 6.07) is 29.9. The lowest BCUT2D eigenvalue weighted by atomic mass is 10.0. The molecule has 0 amide bonds. The van der Waals surface area contributed by atoms with Crippen LogP contribution in [0, 0.1) is 5.92 Å². The monoisotopic (exact) mass is 355 g/mol. The number of amidine groups is 1. The average Bonchev–Trinajstić information content (AvgIpc) is 3.21. The highest BCUT2D eigenvalue weighted by Crippen LogP contribution is 2.36. The normalized spacial score (nSPS) is 16.1. The zero-order valence-corrected chi connectivity index (χ0v) is 15.8. The van der Waals surface area contributed by atoms with Crippen molar-refractivity contribution in [3.8, 4) is 0 Å². The Bertz CT molecular complexity index is 877. The molecule has 0 bridgehead atoms. The maximum Gasteiger partial charge on any atom is 0.130 e. The van der Waals surface area contributed by atoms with E-state index in [4.69, 9.17) is 4.99 Å². The van der Waals surface area contributed by atoms with Gasteiger partial charge in [-0.3, -0.25) is 4.99 Å². The van der Waals surface area contributed by atoms with Crippen molar-refractivity contribution < 1.29 is 0 Å². The summed E-state index contributed by atoms with van der Waals surface area (Å²) in [6.07, 6.45) is 0. The first-order valence-corrected chi connectivity index (χ1v) is 9.54. The van der Waals surface area contributed by atoms with Crippen LogP contribution >= 0.6 is 0 Å². The van der Waals surface area contributed by atoms with Crippen LogP contribution in [0.2, 0.25) is 0 Å². The second-order valence-corrected chi connectivity index (χ2v) is 7.21. The van der Waals surface area contributed by atoms with Crippen LogP contribution in [0.1, 0.15) is 19.4 Å². The Morgan fingerprint density at radius 3 is 1.93 bits per heavy atom. The Hall–Kier alpha value is -3.07. The average molecular weight is 355 g/mol. The maximum absolute atomic E-state index is 4.82. The summed E-state index contributed by atoms with van der Waals surface area (Å²) in [5, 5.41) is 3.63. The van der Waals surface area contributed by atoms with Crippen LogP contribution in [-0.4, -0.2) is 18.4 Å². The molecule has 1 N–H and O–H groups in total. The van der Waals surface area contributed by atoms with Crippen molar-refractivity contribution in [2.24, 2.45) is 10.9 Å². The smallest absolute Gasteiger partial charge is 0.130 e. The summed E-state index contributed by atoms with van der Waals surface area (Å²) < 4.78 is 0. The van der Waals surface area contributed by atoms with E-state index in [1.54, 1.807) is 0 Å². The highest BCUT2D eigenvalue weighted by Gasteiger charge is 2.24. The minimum Gasteiger partial charge on any atom is -0.365 e. The molecule has 0 aromatic heterocycles. The quantitative estimate of drug-likeness (QED) is 0.651. The van der Waals surface area contributed by atoms with Crippen molar-refractivity contribution in [1.29, 1.82) is 0 Å². The van der Waals surface area contributed by atoms with Crippen LogP contribution in [0.15, 0.2) is 89.9 Å². The highest BCUT2D eigenvalue weighted by atomic mass is 15.2. The number of aliphatic imine (C=N–C) groups is 1. The first-order chi connectivity index (χ1) is 13.2. The van der Waals surface area contributed by atoms with Gasteiger partial charge < -0.3 is 10.2 Å². The molecule has 1 aliphatic heterocycles. The van der Waals surface area contributed by atoms with Gasteiger partial charge in [0, 0.05) is 23.0 Å². The number of benzene rings is 3. The number of hydrogen-bond acceptors (Lipinski definition) is 3. The van der Waals surface area contributed by atoms with Crippen molar-refractivity contribution in [1.82, 2.24) is 5.32 Å². The number of nitrogens with zero attached hydrogens (tertiary/aromatic N) is 2. The van der Waals surface area contributed by atoms with Gasteiger partial charge in [0.1, 0.15) is 5.84 Å². The van der Waals surface area contributed by atoms with Gasteiger partial charge in [0.25, 0.3) is 0 Å². The lowest BCUT2D eigenvalue weighted by molar-refractivity contribution is 0.484. The number of anilines is 3. The Balaban J connectivity index is 1.81. The lowest BCUT2D eigenvalue weighted by Gasteiger charge is -2.28. The van der Waals surface area contributed by atoms with E-state index in [1.165, 1.54) is 0 Å². The van der Waals surface area contributed by atoms with Crippen molar-refractivity contribution in [3.05, 3.63) is 90.5 Å². The lowest BCUT2D eigenvalue weighted by Crippen LogP contribution is -2.35. The predicted octanol–water partition coefficient (Wildman–Crippen LogP) is 5.53. The van der Waals surface area contributed by atoms with Gasteiger partial charge >= 0.3 is 0 Å². The van der Waals surface area contributed by atoms with Gasteiger partial charge in [0.05, 0.1) is 12.2 Å². The Labute approximate surface area is 161 Å². The summed E-state index contributed by atoms with van der Waals surface area (Å²) in [6.45, 7) is 5.31. The molecule has 0 aliphatic carbocycles. The zero-order valence-electron chi connectivity index (χ0n) is 15.8. The zero-order chi connectivity index (χ0) is 18.6. The first kappa shape index (κ1) is 17.3. The topological polar surface area (TPSA) is 27.6 Å². The molecular formula is C24H25N3. The molecular weight excluding hydrogens is 330 g/mol. The number of hydrogen-bond donors (Lipinski definition) is 1. The Kier molecular flexibility index (Phi) is 4.93. The molecule has 3 heteroatoms. The van der Waals surface area contributed by atoms with E-state index in [2.05, 4.69) is 109 Å². The van der Waals surface area contributed by atoms with Gasteiger partial charge in [-0.1, -0.05) is 62.4 Å². The molecule has 0 radical (unpaired) electrons. The third-order valence-corrected chi connectivity index (χ3v) is 5.00. The van der Waals surface area contributed by atoms with Crippen molar-refractivity contribution in [3.63, 3.8) is 0 Å². The van der Waals surface area contributed by atoms with Crippen LogP contribution < -0.4 is 10.2 Å². The standard InChI is InChI=1S/C24H25N3/c1-18(2)22-17-25-24(26-22)21-15-9-10-16-23(21)27(19-11-5-3-6-12-19)20-13-7-4-8-14-20/h3-16,18,22H,17H2,1-2H3,(H,25,26)/t22-/m0/s1. The van der Waals surface area contributed by atoms with Crippen molar-refractivity contribution in [2.75, 3.05) is 11.4 Å². The molecule has 0 saturated heterocycles. The molecule has 3 nitrogen and oxygen atoms in total. The van der Waals surface area contributed by atoms with Crippen LogP contribution in [0.25, 0.3) is 0 Å². The fourth-order valence-corrected chi connectivity index (χ4v) is 3.45. The predicted molar refractivity (Wildman–Crippen MR) is 114 cm³/mol. The molecule has 136 valence electrons. The molecule has 0 fully saturated rings. The minimum absolute atomic E-state index is 0.398. The van der Waals surface area contributed by atoms with Crippen molar-refractivity contribution >= 4 is 22.9 Å². The summed E-state index contributed by atoms with van der Waals surface area (Å²) in [4.78, 5) is 7.11. The molecule has 1 atom stereocenters. The molecule has 1 heterocycles. The van der Waals surface area contributed by atoms with E-state index in [9.17, 15) is 0 Å². The minimum atomic E-state index is 0.398. The molecule has 3 aromatic rings. The summed E-state index contributed by atoms with van der Waals surface area (Å²) in [7, 11) is 0. The second-order valence-electron chi connectivity index (χ2n) is 7.21. The summed E-state index contributed by atoms with van der Waals surface area (Å²) in [5.41, 5.74) is 4.53. The van der Waals surface area contributed by atoms with Gasteiger partial charge in [-0.2, -0.15) is 0 Å². The maximum atomic E-state index is 4.82. The van der Waals surface area contributed by atoms with E-state index in [1.807, 2.05) is 0 Å². The third-order valence-electron chi connectivity index (χ3n) is 5.00. The van der Waals surface area contributed by atoms with Crippen LogP contribution in [0.4, 0.5) is 17.1 Å². The molecule has 0 spiro atoms. The molecule has 3 aromatic carbocycles. The van der Waals surface area contributed by atoms with Gasteiger partial charge in [0.15, 0.2) is 0 Å². The summed E-state index contributed by atoms with van der Waals surface area (Å²) in [5.74, 6) is 1.54. The fraction of sp³-hybridized carbons (Fsp3) is 0.208. The number of para-hydroxylation sites is 3. The molecule has 0 saturated carbocycles. The SMILES string of the molecule is CC(C)[C@@H]1CN=C(c2ccccc2N(c2ccccc2)c2ccccc2)N1. The van der Waals surface area contributed by atoms with E-state index in [0.29, 0.717) is 12.0 Å². The van der Waals surface area contributed by atoms with Gasteiger partial charge in [-0.05, 0) is 42.3 Å². The second kappa shape index (κ2) is 7.67. The van der Waals surface area contributed by atoms with E-state index >= 15 is 0 Å². The van der Waals surface area contributed by atoms with Crippen LogP contribution in [0.5, 0.6) is 0 Å². The largest absolute Gasteiger partial charge is 0.365 e. The van der Waals surface area contributed by atoms with E-state index < -0.39 is 0 Å². The van der Waals surface area contributed by atoms with Crippen molar-refractivity contribution in [2.45, 2.75) is 19.9 Å². The van der Waals surface area contributed by atoms with Gasteiger partial charge in [-0.25, -0.2) is 0 Å². The fourth-order valence-electron chi connectivity index (χ4n) is 3.45.